The molecule has 4 heteroatoms. The lowest BCUT2D eigenvalue weighted by atomic mass is 10.0. The van der Waals surface area contributed by atoms with Crippen LogP contribution in [0.2, 0.25) is 0 Å². The van der Waals surface area contributed by atoms with E-state index in [2.05, 4.69) is 24.8 Å². The van der Waals surface area contributed by atoms with Crippen LogP contribution in [0.15, 0.2) is 85.1 Å². The largest absolute Gasteiger partial charge is 0.494 e. The second-order valence-corrected chi connectivity index (χ2v) is 9.37. The highest BCUT2D eigenvalue weighted by Crippen LogP contribution is 2.30. The Hall–Kier alpha value is -3.37. The van der Waals surface area contributed by atoms with Crippen molar-refractivity contribution in [1.29, 1.82) is 0 Å². The van der Waals surface area contributed by atoms with Gasteiger partial charge in [-0.05, 0) is 80.4 Å². The Balaban J connectivity index is 1.42. The van der Waals surface area contributed by atoms with E-state index in [0.717, 1.165) is 35.4 Å². The summed E-state index contributed by atoms with van der Waals surface area (Å²) in [6, 6.07) is 25.8. The van der Waals surface area contributed by atoms with Gasteiger partial charge >= 0.3 is 0 Å². The molecule has 0 N–H and O–H groups in total. The SMILES string of the molecule is CCCCN(CCCC)CCCOc1ccc(C(=O)c2c(-c3ccccc3)cc3ccccn23)cc1. The molecule has 0 radical (unpaired) electrons. The van der Waals surface area contributed by atoms with Crippen LogP contribution in [0.4, 0.5) is 0 Å². The van der Waals surface area contributed by atoms with Crippen LogP contribution in [0.1, 0.15) is 62.0 Å². The van der Waals surface area contributed by atoms with Crippen molar-refractivity contribution in [1.82, 2.24) is 9.30 Å². The number of benzene rings is 2. The monoisotopic (exact) mass is 482 g/mol. The van der Waals surface area contributed by atoms with Crippen molar-refractivity contribution in [3.8, 4) is 16.9 Å². The van der Waals surface area contributed by atoms with Crippen molar-refractivity contribution in [2.75, 3.05) is 26.2 Å². The summed E-state index contributed by atoms with van der Waals surface area (Å²) >= 11 is 0. The van der Waals surface area contributed by atoms with E-state index < -0.39 is 0 Å². The number of nitrogens with zero attached hydrogens (tertiary/aromatic N) is 2. The van der Waals surface area contributed by atoms with Gasteiger partial charge in [0.25, 0.3) is 0 Å². The first-order valence-electron chi connectivity index (χ1n) is 13.4. The molecular weight excluding hydrogens is 444 g/mol. The zero-order valence-electron chi connectivity index (χ0n) is 21.7. The fourth-order valence-corrected chi connectivity index (χ4v) is 4.61. The van der Waals surface area contributed by atoms with Crippen LogP contribution < -0.4 is 4.74 Å². The molecule has 0 spiro atoms. The molecule has 0 saturated carbocycles. The van der Waals surface area contributed by atoms with E-state index in [4.69, 9.17) is 4.74 Å². The minimum Gasteiger partial charge on any atom is -0.494 e. The van der Waals surface area contributed by atoms with E-state index in [9.17, 15) is 4.79 Å². The Morgan fingerprint density at radius 2 is 1.47 bits per heavy atom. The van der Waals surface area contributed by atoms with Gasteiger partial charge in [-0.2, -0.15) is 0 Å². The molecule has 4 aromatic rings. The van der Waals surface area contributed by atoms with Gasteiger partial charge in [0.2, 0.25) is 5.78 Å². The summed E-state index contributed by atoms with van der Waals surface area (Å²) < 4.78 is 7.99. The van der Waals surface area contributed by atoms with Gasteiger partial charge in [0.1, 0.15) is 11.4 Å². The third-order valence-corrected chi connectivity index (χ3v) is 6.64. The summed E-state index contributed by atoms with van der Waals surface area (Å²) in [6.07, 6.45) is 7.93. The van der Waals surface area contributed by atoms with Crippen molar-refractivity contribution >= 4 is 11.3 Å². The van der Waals surface area contributed by atoms with Crippen LogP contribution in [-0.2, 0) is 0 Å². The molecule has 4 rings (SSSR count). The van der Waals surface area contributed by atoms with Gasteiger partial charge in [-0.15, -0.1) is 0 Å². The number of carbonyl (C=O) groups is 1. The molecule has 0 unspecified atom stereocenters. The molecule has 0 aliphatic heterocycles. The summed E-state index contributed by atoms with van der Waals surface area (Å²) in [5, 5.41) is 0. The van der Waals surface area contributed by atoms with E-state index >= 15 is 0 Å². The second-order valence-electron chi connectivity index (χ2n) is 9.37. The van der Waals surface area contributed by atoms with Crippen molar-refractivity contribution in [2.45, 2.75) is 46.0 Å². The molecule has 2 aromatic heterocycles. The molecule has 2 aromatic carbocycles. The molecule has 0 aliphatic carbocycles. The van der Waals surface area contributed by atoms with Gasteiger partial charge in [0.05, 0.1) is 6.61 Å². The number of hydrogen-bond donors (Lipinski definition) is 0. The predicted molar refractivity (Wildman–Crippen MR) is 149 cm³/mol. The zero-order valence-corrected chi connectivity index (χ0v) is 21.7. The Bertz CT molecular complexity index is 1220. The van der Waals surface area contributed by atoms with E-state index in [1.807, 2.05) is 83.4 Å². The summed E-state index contributed by atoms with van der Waals surface area (Å²) in [5.74, 6) is 0.817. The number of carbonyl (C=O) groups excluding carboxylic acids is 1. The molecule has 2 heterocycles. The number of hydrogen-bond acceptors (Lipinski definition) is 3. The smallest absolute Gasteiger partial charge is 0.210 e. The van der Waals surface area contributed by atoms with E-state index in [0.29, 0.717) is 17.9 Å². The van der Waals surface area contributed by atoms with Gasteiger partial charge in [-0.1, -0.05) is 63.1 Å². The fraction of sp³-hybridized carbons (Fsp3) is 0.344. The first-order valence-corrected chi connectivity index (χ1v) is 13.4. The third-order valence-electron chi connectivity index (χ3n) is 6.64. The Morgan fingerprint density at radius 3 is 2.17 bits per heavy atom. The number of fused-ring (bicyclic) bond motifs is 1. The first-order chi connectivity index (χ1) is 17.7. The van der Waals surface area contributed by atoms with Gasteiger partial charge in [-0.25, -0.2) is 0 Å². The van der Waals surface area contributed by atoms with Crippen LogP contribution in [-0.4, -0.2) is 41.3 Å². The van der Waals surface area contributed by atoms with Crippen molar-refractivity contribution < 1.29 is 9.53 Å². The lowest BCUT2D eigenvalue weighted by Gasteiger charge is -2.21. The highest BCUT2D eigenvalue weighted by Gasteiger charge is 2.20. The van der Waals surface area contributed by atoms with Gasteiger partial charge in [0.15, 0.2) is 0 Å². The average molecular weight is 483 g/mol. The van der Waals surface area contributed by atoms with Gasteiger partial charge in [0, 0.05) is 29.4 Å². The van der Waals surface area contributed by atoms with Crippen LogP contribution in [0.25, 0.3) is 16.6 Å². The number of pyridine rings is 1. The summed E-state index contributed by atoms with van der Waals surface area (Å²) in [4.78, 5) is 16.2. The van der Waals surface area contributed by atoms with Gasteiger partial charge in [-0.3, -0.25) is 4.79 Å². The van der Waals surface area contributed by atoms with Crippen molar-refractivity contribution in [2.24, 2.45) is 0 Å². The van der Waals surface area contributed by atoms with Crippen LogP contribution >= 0.6 is 0 Å². The van der Waals surface area contributed by atoms with E-state index in [1.54, 1.807) is 0 Å². The molecule has 0 bridgehead atoms. The number of rotatable bonds is 14. The van der Waals surface area contributed by atoms with Crippen LogP contribution in [0, 0.1) is 0 Å². The molecule has 0 saturated heterocycles. The van der Waals surface area contributed by atoms with E-state index in [-0.39, 0.29) is 5.78 Å². The van der Waals surface area contributed by atoms with Crippen LogP contribution in [0.3, 0.4) is 0 Å². The molecule has 188 valence electrons. The zero-order chi connectivity index (χ0) is 25.2. The number of ketones is 1. The van der Waals surface area contributed by atoms with Crippen molar-refractivity contribution in [3.05, 3.63) is 96.3 Å². The third kappa shape index (κ3) is 6.44. The highest BCUT2D eigenvalue weighted by molar-refractivity contribution is 6.13. The molecule has 36 heavy (non-hydrogen) atoms. The molecule has 0 amide bonds. The maximum atomic E-state index is 13.7. The Morgan fingerprint density at radius 1 is 0.806 bits per heavy atom. The maximum absolute atomic E-state index is 13.7. The highest BCUT2D eigenvalue weighted by atomic mass is 16.5. The maximum Gasteiger partial charge on any atom is 0.210 e. The minimum absolute atomic E-state index is 0.00842. The number of ether oxygens (including phenoxy) is 1. The molecular formula is C32H38N2O2. The lowest BCUT2D eigenvalue weighted by molar-refractivity contribution is 0.103. The molecule has 0 fully saturated rings. The summed E-state index contributed by atoms with van der Waals surface area (Å²) in [6.45, 7) is 8.59. The second kappa shape index (κ2) is 13.1. The Kier molecular flexibility index (Phi) is 9.34. The Labute approximate surface area is 215 Å². The summed E-state index contributed by atoms with van der Waals surface area (Å²) in [5.41, 5.74) is 4.34. The van der Waals surface area contributed by atoms with Crippen LogP contribution in [0.5, 0.6) is 5.75 Å². The quantitative estimate of drug-likeness (QED) is 0.138. The fourth-order valence-electron chi connectivity index (χ4n) is 4.61. The van der Waals surface area contributed by atoms with E-state index in [1.165, 1.54) is 38.8 Å². The molecule has 4 nitrogen and oxygen atoms in total. The number of unbranched alkanes of at least 4 members (excludes halogenated alkanes) is 2. The molecule has 0 atom stereocenters. The predicted octanol–water partition coefficient (Wildman–Crippen LogP) is 7.51. The minimum atomic E-state index is 0.00842. The molecule has 0 aliphatic rings. The average Bonchev–Trinajstić information content (AvgIpc) is 3.32. The number of aromatic nitrogens is 1. The van der Waals surface area contributed by atoms with Crippen molar-refractivity contribution in [3.63, 3.8) is 0 Å². The normalized spacial score (nSPS) is 11.3. The topological polar surface area (TPSA) is 34.0 Å². The first kappa shape index (κ1) is 25.7. The standard InChI is InChI=1S/C32H38N2O2/c1-3-5-20-33(21-6-4-2)22-12-24-36-29-18-16-27(17-19-29)32(35)31-30(26-13-8-7-9-14-26)25-28-15-10-11-23-34(28)31/h7-11,13-19,23,25H,3-6,12,20-22,24H2,1-2H3. The summed E-state index contributed by atoms with van der Waals surface area (Å²) in [7, 11) is 0. The van der Waals surface area contributed by atoms with Gasteiger partial charge < -0.3 is 14.0 Å². The lowest BCUT2D eigenvalue weighted by Crippen LogP contribution is -2.28.